The summed E-state index contributed by atoms with van der Waals surface area (Å²) in [5.74, 6) is 1.77. The topological polar surface area (TPSA) is 59.6 Å². The fraction of sp³-hybridized carbons (Fsp3) is 0.250. The van der Waals surface area contributed by atoms with Crippen molar-refractivity contribution in [2.24, 2.45) is 0 Å². The number of nitrogens with one attached hydrogen (secondary N) is 2. The van der Waals surface area contributed by atoms with Crippen molar-refractivity contribution in [1.29, 1.82) is 0 Å². The molecule has 0 atom stereocenters. The highest BCUT2D eigenvalue weighted by Crippen LogP contribution is 2.42. The summed E-state index contributed by atoms with van der Waals surface area (Å²) in [6, 6.07) is 3.98. The third-order valence-corrected chi connectivity index (χ3v) is 2.20. The Morgan fingerprint density at radius 1 is 1.37 bits per heavy atom. The van der Waals surface area contributed by atoms with Crippen molar-refractivity contribution in [1.82, 2.24) is 5.32 Å². The van der Waals surface area contributed by atoms with Crippen molar-refractivity contribution in [3.8, 4) is 23.8 Å². The monoisotopic (exact) mass is 268 g/mol. The van der Waals surface area contributed by atoms with E-state index in [1.807, 2.05) is 0 Å². The molecule has 0 aromatic heterocycles. The first-order valence-electron chi connectivity index (χ1n) is 5.34. The van der Waals surface area contributed by atoms with Gasteiger partial charge in [-0.25, -0.2) is 0 Å². The largest absolute Gasteiger partial charge is 0.586 e. The molecule has 0 radical (unpaired) electrons. The van der Waals surface area contributed by atoms with Gasteiger partial charge in [0.1, 0.15) is 0 Å². The van der Waals surface area contributed by atoms with E-state index >= 15 is 0 Å². The molecule has 100 valence electrons. The highest BCUT2D eigenvalue weighted by molar-refractivity contribution is 5.92. The third-order valence-electron chi connectivity index (χ3n) is 2.20. The Kier molecular flexibility index (Phi) is 3.53. The Labute approximate surface area is 107 Å². The molecule has 19 heavy (non-hydrogen) atoms. The summed E-state index contributed by atoms with van der Waals surface area (Å²) in [6.07, 6.45) is 1.34. The van der Waals surface area contributed by atoms with E-state index in [1.165, 1.54) is 18.2 Å². The van der Waals surface area contributed by atoms with Crippen LogP contribution >= 0.6 is 0 Å². The maximum atomic E-state index is 12.8. The first-order valence-corrected chi connectivity index (χ1v) is 5.34. The number of fused-ring (bicyclic) bond motifs is 1. The van der Waals surface area contributed by atoms with Crippen LogP contribution in [0.2, 0.25) is 0 Å². The molecule has 0 bridgehead atoms. The quantitative estimate of drug-likeness (QED) is 0.635. The summed E-state index contributed by atoms with van der Waals surface area (Å²) in [4.78, 5) is 11.5. The van der Waals surface area contributed by atoms with Gasteiger partial charge in [0.15, 0.2) is 11.5 Å². The van der Waals surface area contributed by atoms with Crippen molar-refractivity contribution in [3.05, 3.63) is 18.2 Å². The van der Waals surface area contributed by atoms with Gasteiger partial charge in [-0.05, 0) is 12.1 Å². The van der Waals surface area contributed by atoms with Gasteiger partial charge in [-0.1, -0.05) is 5.92 Å². The number of ether oxygens (including phenoxy) is 2. The molecule has 1 aliphatic rings. The van der Waals surface area contributed by atoms with Gasteiger partial charge in [0.25, 0.3) is 0 Å². The van der Waals surface area contributed by atoms with Crippen molar-refractivity contribution in [2.45, 2.75) is 6.29 Å². The number of rotatable bonds is 4. The second-order valence-corrected chi connectivity index (χ2v) is 3.68. The molecule has 1 aliphatic heterocycles. The molecule has 7 heteroatoms. The number of hydrogen-bond donors (Lipinski definition) is 2. The van der Waals surface area contributed by atoms with Crippen LogP contribution in [0.3, 0.4) is 0 Å². The molecule has 1 amide bonds. The molecular weight excluding hydrogens is 258 g/mol. The van der Waals surface area contributed by atoms with Gasteiger partial charge in [-0.15, -0.1) is 15.2 Å². The molecule has 0 unspecified atom stereocenters. The summed E-state index contributed by atoms with van der Waals surface area (Å²) in [5.41, 5.74) is 0.326. The minimum absolute atomic E-state index is 0.0226. The Hall–Kier alpha value is -2.33. The molecule has 2 N–H and O–H groups in total. The first kappa shape index (κ1) is 13.1. The maximum Gasteiger partial charge on any atom is 0.586 e. The molecule has 1 aromatic rings. The molecule has 0 aliphatic carbocycles. The number of benzene rings is 1. The van der Waals surface area contributed by atoms with Crippen molar-refractivity contribution in [2.75, 3.05) is 18.4 Å². The number of terminal acetylenes is 1. The van der Waals surface area contributed by atoms with E-state index in [1.54, 1.807) is 0 Å². The molecule has 5 nitrogen and oxygen atoms in total. The van der Waals surface area contributed by atoms with Crippen LogP contribution in [-0.2, 0) is 4.79 Å². The Balaban J connectivity index is 1.97. The van der Waals surface area contributed by atoms with E-state index in [4.69, 9.17) is 6.42 Å². The lowest BCUT2D eigenvalue weighted by molar-refractivity contribution is -0.286. The van der Waals surface area contributed by atoms with Crippen LogP contribution in [0, 0.1) is 12.3 Å². The Morgan fingerprint density at radius 3 is 2.84 bits per heavy atom. The predicted molar refractivity (Wildman–Crippen MR) is 63.0 cm³/mol. The third kappa shape index (κ3) is 3.33. The standard InChI is InChI=1S/C12H10F2N2O3/c1-2-5-15-7-11(17)16-8-3-4-9-10(6-8)19-12(13,14)18-9/h1,3-4,6,15H,5,7H2,(H,16,17). The number of carbonyl (C=O) groups is 1. The summed E-state index contributed by atoms with van der Waals surface area (Å²) in [6.45, 7) is 0.287. The molecule has 1 aromatic carbocycles. The molecule has 0 fully saturated rings. The SMILES string of the molecule is C#CCNCC(=O)Nc1ccc2c(c1)OC(F)(F)O2. The smallest absolute Gasteiger partial charge is 0.395 e. The summed E-state index contributed by atoms with van der Waals surface area (Å²) >= 11 is 0. The normalized spacial score (nSPS) is 14.8. The molecular formula is C12H10F2N2O3. The number of anilines is 1. The van der Waals surface area contributed by atoms with Crippen LogP contribution in [0.15, 0.2) is 18.2 Å². The van der Waals surface area contributed by atoms with Crippen LogP contribution in [0.1, 0.15) is 0 Å². The average molecular weight is 268 g/mol. The minimum atomic E-state index is -3.67. The van der Waals surface area contributed by atoms with E-state index in [0.29, 0.717) is 5.69 Å². The highest BCUT2D eigenvalue weighted by atomic mass is 19.3. The molecule has 1 heterocycles. The fourth-order valence-corrected chi connectivity index (χ4v) is 1.48. The van der Waals surface area contributed by atoms with Gasteiger partial charge in [-0.2, -0.15) is 0 Å². The van der Waals surface area contributed by atoms with Crippen molar-refractivity contribution in [3.63, 3.8) is 0 Å². The average Bonchev–Trinajstić information content (AvgIpc) is 2.62. The first-order chi connectivity index (χ1) is 9.00. The Bertz CT molecular complexity index is 540. The molecule has 0 saturated heterocycles. The zero-order chi connectivity index (χ0) is 13.9. The van der Waals surface area contributed by atoms with Crippen LogP contribution in [0.25, 0.3) is 0 Å². The Morgan fingerprint density at radius 2 is 2.11 bits per heavy atom. The lowest BCUT2D eigenvalue weighted by Gasteiger charge is -2.06. The second kappa shape index (κ2) is 5.12. The van der Waals surface area contributed by atoms with Gasteiger partial charge < -0.3 is 14.8 Å². The zero-order valence-electron chi connectivity index (χ0n) is 9.70. The minimum Gasteiger partial charge on any atom is -0.395 e. The van der Waals surface area contributed by atoms with Crippen molar-refractivity contribution >= 4 is 11.6 Å². The second-order valence-electron chi connectivity index (χ2n) is 3.68. The number of carbonyl (C=O) groups excluding carboxylic acids is 1. The molecule has 2 rings (SSSR count). The summed E-state index contributed by atoms with van der Waals surface area (Å²) in [7, 11) is 0. The summed E-state index contributed by atoms with van der Waals surface area (Å²) in [5, 5.41) is 5.20. The lowest BCUT2D eigenvalue weighted by Crippen LogP contribution is -2.28. The number of amides is 1. The fourth-order valence-electron chi connectivity index (χ4n) is 1.48. The van der Waals surface area contributed by atoms with E-state index in [-0.39, 0.29) is 30.5 Å². The predicted octanol–water partition coefficient (Wildman–Crippen LogP) is 1.17. The zero-order valence-corrected chi connectivity index (χ0v) is 9.70. The number of halogens is 2. The van der Waals surface area contributed by atoms with Gasteiger partial charge >= 0.3 is 6.29 Å². The summed E-state index contributed by atoms with van der Waals surface area (Å²) < 4.78 is 34.0. The van der Waals surface area contributed by atoms with E-state index in [0.717, 1.165) is 0 Å². The van der Waals surface area contributed by atoms with Gasteiger partial charge in [0.2, 0.25) is 5.91 Å². The molecule has 0 saturated carbocycles. The highest BCUT2D eigenvalue weighted by Gasteiger charge is 2.43. The van der Waals surface area contributed by atoms with Crippen LogP contribution < -0.4 is 20.1 Å². The van der Waals surface area contributed by atoms with E-state index < -0.39 is 6.29 Å². The van der Waals surface area contributed by atoms with Crippen molar-refractivity contribution < 1.29 is 23.0 Å². The van der Waals surface area contributed by atoms with E-state index in [2.05, 4.69) is 26.0 Å². The maximum absolute atomic E-state index is 12.8. The van der Waals surface area contributed by atoms with Crippen LogP contribution in [0.4, 0.5) is 14.5 Å². The lowest BCUT2D eigenvalue weighted by atomic mass is 10.3. The van der Waals surface area contributed by atoms with Gasteiger partial charge in [0, 0.05) is 11.8 Å². The van der Waals surface area contributed by atoms with Crippen LogP contribution in [-0.4, -0.2) is 25.3 Å². The van der Waals surface area contributed by atoms with Crippen LogP contribution in [0.5, 0.6) is 11.5 Å². The van der Waals surface area contributed by atoms with Gasteiger partial charge in [0.05, 0.1) is 13.1 Å². The number of hydrogen-bond acceptors (Lipinski definition) is 4. The number of alkyl halides is 2. The van der Waals surface area contributed by atoms with E-state index in [9.17, 15) is 13.6 Å². The molecule has 0 spiro atoms. The van der Waals surface area contributed by atoms with Gasteiger partial charge in [-0.3, -0.25) is 10.1 Å².